The molecule has 0 spiro atoms. The van der Waals surface area contributed by atoms with Crippen molar-refractivity contribution in [1.82, 2.24) is 4.72 Å². The van der Waals surface area contributed by atoms with Crippen LogP contribution in [0.15, 0.2) is 18.2 Å². The van der Waals surface area contributed by atoms with Gasteiger partial charge in [-0.3, -0.25) is 4.72 Å². The van der Waals surface area contributed by atoms with Crippen LogP contribution in [0.3, 0.4) is 0 Å². The van der Waals surface area contributed by atoms with Gasteiger partial charge in [0.1, 0.15) is 5.82 Å². The summed E-state index contributed by atoms with van der Waals surface area (Å²) in [6.45, 7) is 5.06. The quantitative estimate of drug-likeness (QED) is 0.720. The molecule has 0 saturated carbocycles. The summed E-state index contributed by atoms with van der Waals surface area (Å²) in [7, 11) is -3.81. The molecule has 1 aromatic rings. The van der Waals surface area contributed by atoms with Crippen LogP contribution in [0.4, 0.5) is 15.8 Å². The first-order chi connectivity index (χ1) is 7.59. The molecule has 0 aliphatic carbocycles. The molecule has 96 valence electrons. The number of anilines is 2. The van der Waals surface area contributed by atoms with Crippen LogP contribution in [-0.2, 0) is 10.2 Å². The zero-order chi connectivity index (χ0) is 13.3. The molecule has 0 unspecified atom stereocenters. The second-order valence-electron chi connectivity index (χ2n) is 4.70. The Bertz CT molecular complexity index is 509. The number of hydrogen-bond donors (Lipinski definition) is 3. The van der Waals surface area contributed by atoms with Gasteiger partial charge < -0.3 is 5.73 Å². The van der Waals surface area contributed by atoms with Crippen LogP contribution in [0.2, 0.25) is 0 Å². The molecule has 0 atom stereocenters. The number of hydrogen-bond acceptors (Lipinski definition) is 3. The predicted molar refractivity (Wildman–Crippen MR) is 66.2 cm³/mol. The Morgan fingerprint density at radius 3 is 2.35 bits per heavy atom. The van der Waals surface area contributed by atoms with Crippen LogP contribution >= 0.6 is 0 Å². The summed E-state index contributed by atoms with van der Waals surface area (Å²) >= 11 is 0. The van der Waals surface area contributed by atoms with E-state index < -0.39 is 21.6 Å². The van der Waals surface area contributed by atoms with Crippen molar-refractivity contribution in [2.45, 2.75) is 26.3 Å². The number of nitrogen functional groups attached to an aromatic ring is 1. The van der Waals surface area contributed by atoms with E-state index in [1.807, 2.05) is 0 Å². The van der Waals surface area contributed by atoms with E-state index in [1.165, 1.54) is 12.1 Å². The monoisotopic (exact) mass is 261 g/mol. The predicted octanol–water partition coefficient (Wildman–Crippen LogP) is 1.45. The number of nitrogens with one attached hydrogen (secondary N) is 2. The molecule has 0 aliphatic heterocycles. The van der Waals surface area contributed by atoms with E-state index in [-0.39, 0.29) is 11.4 Å². The van der Waals surface area contributed by atoms with E-state index in [4.69, 9.17) is 5.73 Å². The van der Waals surface area contributed by atoms with Gasteiger partial charge in [0.05, 0.1) is 5.69 Å². The Labute approximate surface area is 100 Å². The lowest BCUT2D eigenvalue weighted by atomic mass is 10.1. The maximum atomic E-state index is 13.4. The molecule has 0 radical (unpaired) electrons. The molecule has 0 aromatic heterocycles. The third-order valence-corrected chi connectivity index (χ3v) is 3.05. The van der Waals surface area contributed by atoms with Crippen LogP contribution < -0.4 is 15.2 Å². The Morgan fingerprint density at radius 2 is 1.88 bits per heavy atom. The first kappa shape index (κ1) is 13.7. The van der Waals surface area contributed by atoms with Gasteiger partial charge in [-0.15, -0.1) is 0 Å². The Balaban J connectivity index is 2.91. The fraction of sp³-hybridized carbons (Fsp3) is 0.400. The second kappa shape index (κ2) is 4.50. The van der Waals surface area contributed by atoms with Crippen LogP contribution in [-0.4, -0.2) is 14.0 Å². The molecule has 7 heteroatoms. The average molecular weight is 261 g/mol. The smallest absolute Gasteiger partial charge is 0.299 e. The highest BCUT2D eigenvalue weighted by Crippen LogP contribution is 2.18. The summed E-state index contributed by atoms with van der Waals surface area (Å²) in [6, 6.07) is 3.74. The van der Waals surface area contributed by atoms with Crippen molar-refractivity contribution in [3.05, 3.63) is 24.0 Å². The van der Waals surface area contributed by atoms with Crippen molar-refractivity contribution in [2.24, 2.45) is 0 Å². The Kier molecular flexibility index (Phi) is 3.63. The molecule has 0 aliphatic rings. The summed E-state index contributed by atoms with van der Waals surface area (Å²) in [5.74, 6) is -0.718. The lowest BCUT2D eigenvalue weighted by molar-refractivity contribution is 0.494. The highest BCUT2D eigenvalue weighted by Gasteiger charge is 2.20. The van der Waals surface area contributed by atoms with Gasteiger partial charge in [-0.2, -0.15) is 13.1 Å². The summed E-state index contributed by atoms with van der Waals surface area (Å²) in [5.41, 5.74) is 4.81. The Morgan fingerprint density at radius 1 is 1.29 bits per heavy atom. The summed E-state index contributed by atoms with van der Waals surface area (Å²) < 4.78 is 41.1. The van der Waals surface area contributed by atoms with Crippen molar-refractivity contribution in [2.75, 3.05) is 10.5 Å². The number of benzene rings is 1. The van der Waals surface area contributed by atoms with Crippen molar-refractivity contribution < 1.29 is 12.8 Å². The third-order valence-electron chi connectivity index (χ3n) is 1.68. The van der Waals surface area contributed by atoms with Crippen molar-refractivity contribution in [1.29, 1.82) is 0 Å². The number of rotatable bonds is 3. The maximum absolute atomic E-state index is 13.4. The van der Waals surface area contributed by atoms with Crippen molar-refractivity contribution in [3.8, 4) is 0 Å². The van der Waals surface area contributed by atoms with Crippen LogP contribution in [0.5, 0.6) is 0 Å². The minimum Gasteiger partial charge on any atom is -0.399 e. The number of halogens is 1. The van der Waals surface area contributed by atoms with E-state index in [2.05, 4.69) is 9.44 Å². The van der Waals surface area contributed by atoms with Gasteiger partial charge in [0, 0.05) is 11.2 Å². The van der Waals surface area contributed by atoms with Crippen LogP contribution in [0, 0.1) is 5.82 Å². The first-order valence-corrected chi connectivity index (χ1v) is 6.44. The van der Waals surface area contributed by atoms with Crippen molar-refractivity contribution >= 4 is 21.6 Å². The summed E-state index contributed by atoms with van der Waals surface area (Å²) in [6.07, 6.45) is 0. The minimum atomic E-state index is -3.81. The molecule has 0 heterocycles. The molecule has 1 aromatic carbocycles. The van der Waals surface area contributed by atoms with Gasteiger partial charge in [0.15, 0.2) is 0 Å². The molecule has 0 saturated heterocycles. The summed E-state index contributed by atoms with van der Waals surface area (Å²) in [4.78, 5) is 0. The fourth-order valence-corrected chi connectivity index (χ4v) is 2.50. The van der Waals surface area contributed by atoms with E-state index in [0.29, 0.717) is 0 Å². The fourth-order valence-electron chi connectivity index (χ4n) is 1.19. The second-order valence-corrected chi connectivity index (χ2v) is 6.11. The van der Waals surface area contributed by atoms with Gasteiger partial charge >= 0.3 is 0 Å². The topological polar surface area (TPSA) is 84.2 Å². The maximum Gasteiger partial charge on any atom is 0.299 e. The average Bonchev–Trinajstić information content (AvgIpc) is 2.05. The first-order valence-electron chi connectivity index (χ1n) is 4.96. The molecule has 1 rings (SSSR count). The zero-order valence-electron chi connectivity index (χ0n) is 9.91. The van der Waals surface area contributed by atoms with E-state index in [0.717, 1.165) is 6.07 Å². The SMILES string of the molecule is CC(C)(C)NS(=O)(=O)Nc1ccc(N)cc1F. The zero-order valence-corrected chi connectivity index (χ0v) is 10.7. The third kappa shape index (κ3) is 4.58. The lowest BCUT2D eigenvalue weighted by Gasteiger charge is -2.21. The van der Waals surface area contributed by atoms with Gasteiger partial charge in [0.2, 0.25) is 0 Å². The van der Waals surface area contributed by atoms with E-state index in [1.54, 1.807) is 20.8 Å². The molecule has 17 heavy (non-hydrogen) atoms. The van der Waals surface area contributed by atoms with Crippen LogP contribution in [0.1, 0.15) is 20.8 Å². The number of nitrogens with two attached hydrogens (primary N) is 1. The van der Waals surface area contributed by atoms with E-state index >= 15 is 0 Å². The highest BCUT2D eigenvalue weighted by molar-refractivity contribution is 7.90. The standard InChI is InChI=1S/C10H16FN3O2S/c1-10(2,3)14-17(15,16)13-9-5-4-7(12)6-8(9)11/h4-6,13-14H,12H2,1-3H3. The molecule has 0 amide bonds. The molecule has 4 N–H and O–H groups in total. The molecule has 0 fully saturated rings. The summed E-state index contributed by atoms with van der Waals surface area (Å²) in [5, 5.41) is 0. The largest absolute Gasteiger partial charge is 0.399 e. The van der Waals surface area contributed by atoms with Crippen molar-refractivity contribution in [3.63, 3.8) is 0 Å². The van der Waals surface area contributed by atoms with Gasteiger partial charge in [-0.1, -0.05) is 0 Å². The van der Waals surface area contributed by atoms with Gasteiger partial charge in [-0.05, 0) is 39.0 Å². The normalized spacial score (nSPS) is 12.5. The Hall–Kier alpha value is -1.34. The van der Waals surface area contributed by atoms with Gasteiger partial charge in [-0.25, -0.2) is 4.39 Å². The van der Waals surface area contributed by atoms with Gasteiger partial charge in [0.25, 0.3) is 10.2 Å². The van der Waals surface area contributed by atoms with Crippen LogP contribution in [0.25, 0.3) is 0 Å². The highest BCUT2D eigenvalue weighted by atomic mass is 32.2. The molecular weight excluding hydrogens is 245 g/mol. The molecule has 0 bridgehead atoms. The molecular formula is C10H16FN3O2S. The van der Waals surface area contributed by atoms with E-state index in [9.17, 15) is 12.8 Å². The minimum absolute atomic E-state index is 0.143. The lowest BCUT2D eigenvalue weighted by Crippen LogP contribution is -2.43. The molecule has 5 nitrogen and oxygen atoms in total.